The van der Waals surface area contributed by atoms with Crippen LogP contribution in [0.1, 0.15) is 46.0 Å². The van der Waals surface area contributed by atoms with E-state index in [4.69, 9.17) is 11.6 Å². The molecular formula is C21H28ClFO5. The van der Waals surface area contributed by atoms with Crippen molar-refractivity contribution in [2.45, 2.75) is 69.9 Å². The maximum atomic E-state index is 15.2. The first-order chi connectivity index (χ1) is 13.0. The number of Topliss-reactive ketones (excluding diaryl/α,β-unsaturated/α-hetero) is 1. The molecular weight excluding hydrogens is 387 g/mol. The molecule has 4 aliphatic carbocycles. The average Bonchev–Trinajstić information content (AvgIpc) is 2.83. The van der Waals surface area contributed by atoms with Crippen molar-refractivity contribution in [3.8, 4) is 0 Å². The third-order valence-corrected chi connectivity index (χ3v) is 8.88. The van der Waals surface area contributed by atoms with Gasteiger partial charge in [-0.15, -0.1) is 11.6 Å². The molecule has 156 valence electrons. The number of ketones is 2. The minimum Gasteiger partial charge on any atom is -0.393 e. The Morgan fingerprint density at radius 2 is 2.00 bits per heavy atom. The summed E-state index contributed by atoms with van der Waals surface area (Å²) in [7, 11) is 0. The number of aliphatic hydroxyl groups excluding tert-OH is 2. The molecule has 0 bridgehead atoms. The van der Waals surface area contributed by atoms with E-state index in [-0.39, 0.29) is 42.8 Å². The molecule has 3 saturated carbocycles. The van der Waals surface area contributed by atoms with Gasteiger partial charge < -0.3 is 15.3 Å². The first-order valence-corrected chi connectivity index (χ1v) is 10.6. The van der Waals surface area contributed by atoms with Gasteiger partial charge in [-0.25, -0.2) is 4.39 Å². The third-order valence-electron chi connectivity index (χ3n) is 8.64. The topological polar surface area (TPSA) is 94.8 Å². The average molecular weight is 415 g/mol. The number of rotatable bonds is 2. The molecule has 0 aromatic rings. The van der Waals surface area contributed by atoms with Crippen molar-refractivity contribution >= 4 is 23.2 Å². The first-order valence-electron chi connectivity index (χ1n) is 10.1. The Morgan fingerprint density at radius 3 is 2.64 bits per heavy atom. The molecule has 0 aromatic carbocycles. The summed E-state index contributed by atoms with van der Waals surface area (Å²) in [5.74, 6) is -2.06. The van der Waals surface area contributed by atoms with Crippen molar-refractivity contribution in [3.05, 3.63) is 11.6 Å². The summed E-state index contributed by atoms with van der Waals surface area (Å²) in [6, 6.07) is 0. The molecule has 0 spiro atoms. The fourth-order valence-electron chi connectivity index (χ4n) is 7.31. The van der Waals surface area contributed by atoms with Crippen LogP contribution in [0.4, 0.5) is 4.39 Å². The van der Waals surface area contributed by atoms with E-state index >= 15 is 4.39 Å². The molecule has 0 heterocycles. The Hall–Kier alpha value is -0.820. The molecule has 28 heavy (non-hydrogen) atoms. The Bertz CT molecular complexity index is 755. The van der Waals surface area contributed by atoms with E-state index in [1.54, 1.807) is 6.92 Å². The highest BCUT2D eigenvalue weighted by atomic mass is 35.5. The lowest BCUT2D eigenvalue weighted by Gasteiger charge is -2.60. The smallest absolute Gasteiger partial charge is 0.182 e. The highest BCUT2D eigenvalue weighted by Crippen LogP contribution is 2.67. The van der Waals surface area contributed by atoms with Crippen LogP contribution in [-0.4, -0.2) is 56.7 Å². The molecule has 0 amide bonds. The highest BCUT2D eigenvalue weighted by Gasteiger charge is 2.72. The van der Waals surface area contributed by atoms with Gasteiger partial charge in [0.1, 0.15) is 6.17 Å². The summed E-state index contributed by atoms with van der Waals surface area (Å²) in [5, 5.41) is 33.1. The predicted octanol–water partition coefficient (Wildman–Crippen LogP) is 1.95. The Balaban J connectivity index is 1.80. The van der Waals surface area contributed by atoms with Crippen molar-refractivity contribution in [2.24, 2.45) is 28.6 Å². The van der Waals surface area contributed by atoms with E-state index in [1.807, 2.05) is 6.92 Å². The zero-order chi connectivity index (χ0) is 20.6. The van der Waals surface area contributed by atoms with Gasteiger partial charge >= 0.3 is 0 Å². The molecule has 3 fully saturated rings. The zero-order valence-corrected chi connectivity index (χ0v) is 17.0. The number of carbonyl (C=O) groups is 2. The van der Waals surface area contributed by atoms with Crippen LogP contribution in [0.3, 0.4) is 0 Å². The lowest BCUT2D eigenvalue weighted by Crippen LogP contribution is -2.64. The first kappa shape index (κ1) is 20.5. The van der Waals surface area contributed by atoms with Crippen molar-refractivity contribution in [3.63, 3.8) is 0 Å². The highest BCUT2D eigenvalue weighted by molar-refractivity contribution is 6.29. The summed E-state index contributed by atoms with van der Waals surface area (Å²) >= 11 is 5.72. The largest absolute Gasteiger partial charge is 0.393 e. The maximum Gasteiger partial charge on any atom is 0.182 e. The van der Waals surface area contributed by atoms with Crippen LogP contribution >= 0.6 is 11.6 Å². The number of alkyl halides is 2. The standard InChI is InChI=1S/C21H28ClFO5/c1-19-4-3-10(24)5-13(19)14(23)6-11-12-7-16(26)21(28,17(27)9-22)20(12,2)8-15(25)18(11)19/h5,11-12,14-16,18,25-26,28H,3-4,6-9H2,1-2H3/t11-,12-,14?,15?,16?,18+,19-,20-,21-/m0/s1. The second kappa shape index (κ2) is 6.34. The quantitative estimate of drug-likeness (QED) is 0.600. The normalized spacial score (nSPS) is 53.1. The van der Waals surface area contributed by atoms with E-state index in [1.165, 1.54) is 6.08 Å². The minimum atomic E-state index is -2.04. The predicted molar refractivity (Wildman–Crippen MR) is 100 cm³/mol. The summed E-state index contributed by atoms with van der Waals surface area (Å²) in [4.78, 5) is 24.4. The van der Waals surface area contributed by atoms with Crippen LogP contribution in [0.2, 0.25) is 0 Å². The number of fused-ring (bicyclic) bond motifs is 5. The van der Waals surface area contributed by atoms with Gasteiger partial charge in [-0.1, -0.05) is 13.8 Å². The van der Waals surface area contributed by atoms with Crippen LogP contribution in [0.15, 0.2) is 11.6 Å². The second-order valence-corrected chi connectivity index (χ2v) is 10.0. The van der Waals surface area contributed by atoms with Gasteiger partial charge in [-0.05, 0) is 60.5 Å². The molecule has 0 saturated heterocycles. The molecule has 0 radical (unpaired) electrons. The van der Waals surface area contributed by atoms with Crippen molar-refractivity contribution in [1.29, 1.82) is 0 Å². The fraction of sp³-hybridized carbons (Fsp3) is 0.810. The van der Waals surface area contributed by atoms with E-state index in [0.29, 0.717) is 18.4 Å². The Kier molecular flexibility index (Phi) is 4.63. The molecule has 5 nitrogen and oxygen atoms in total. The van der Waals surface area contributed by atoms with Gasteiger partial charge in [-0.3, -0.25) is 9.59 Å². The van der Waals surface area contributed by atoms with Gasteiger partial charge in [0, 0.05) is 11.8 Å². The summed E-state index contributed by atoms with van der Waals surface area (Å²) in [5.41, 5.74) is -3.30. The van der Waals surface area contributed by atoms with Crippen LogP contribution in [-0.2, 0) is 9.59 Å². The molecule has 3 unspecified atom stereocenters. The number of carbonyl (C=O) groups excluding carboxylic acids is 2. The minimum absolute atomic E-state index is 0.0814. The summed E-state index contributed by atoms with van der Waals surface area (Å²) in [6.45, 7) is 3.63. The number of halogens is 2. The van der Waals surface area contributed by atoms with Gasteiger partial charge in [0.15, 0.2) is 17.2 Å². The molecule has 4 rings (SSSR count). The van der Waals surface area contributed by atoms with Crippen LogP contribution in [0.25, 0.3) is 0 Å². The van der Waals surface area contributed by atoms with Gasteiger partial charge in [-0.2, -0.15) is 0 Å². The summed E-state index contributed by atoms with van der Waals surface area (Å²) < 4.78 is 15.2. The second-order valence-electron chi connectivity index (χ2n) is 9.75. The van der Waals surface area contributed by atoms with Gasteiger partial charge in [0.25, 0.3) is 0 Å². The van der Waals surface area contributed by atoms with Crippen LogP contribution < -0.4 is 0 Å². The number of allylic oxidation sites excluding steroid dienone is 1. The van der Waals surface area contributed by atoms with E-state index in [2.05, 4.69) is 0 Å². The van der Waals surface area contributed by atoms with Crippen LogP contribution in [0.5, 0.6) is 0 Å². The summed E-state index contributed by atoms with van der Waals surface area (Å²) in [6.07, 6.45) is -0.839. The maximum absolute atomic E-state index is 15.2. The molecule has 3 N–H and O–H groups in total. The third kappa shape index (κ3) is 2.35. The fourth-order valence-corrected chi connectivity index (χ4v) is 7.51. The lowest BCUT2D eigenvalue weighted by molar-refractivity contribution is -0.192. The van der Waals surface area contributed by atoms with E-state index < -0.39 is 46.5 Å². The number of hydrogen-bond acceptors (Lipinski definition) is 5. The van der Waals surface area contributed by atoms with E-state index in [0.717, 1.165) is 0 Å². The zero-order valence-electron chi connectivity index (χ0n) is 16.2. The van der Waals surface area contributed by atoms with Crippen molar-refractivity contribution < 1.29 is 29.3 Å². The Morgan fingerprint density at radius 1 is 1.32 bits per heavy atom. The molecule has 7 heteroatoms. The van der Waals surface area contributed by atoms with E-state index in [9.17, 15) is 24.9 Å². The number of aliphatic hydroxyl groups is 3. The van der Waals surface area contributed by atoms with Gasteiger partial charge in [0.05, 0.1) is 18.1 Å². The number of hydrogen-bond donors (Lipinski definition) is 3. The molecule has 4 aliphatic rings. The monoisotopic (exact) mass is 414 g/mol. The van der Waals surface area contributed by atoms with Crippen LogP contribution in [0, 0.1) is 28.6 Å². The SMILES string of the molecule is C[C@]12CCC(=O)C=C1C(F)C[C@@H]1[C@@H]2C(O)C[C@@]2(C)[C@H]1CC(O)[C@]2(O)C(=O)CCl. The molecule has 0 aliphatic heterocycles. The Labute approximate surface area is 168 Å². The van der Waals surface area contributed by atoms with Crippen molar-refractivity contribution in [1.82, 2.24) is 0 Å². The molecule has 0 aromatic heterocycles. The molecule has 9 atom stereocenters. The lowest BCUT2D eigenvalue weighted by atomic mass is 9.45. The van der Waals surface area contributed by atoms with Gasteiger partial charge in [0.2, 0.25) is 0 Å². The van der Waals surface area contributed by atoms with Crippen molar-refractivity contribution in [2.75, 3.05) is 5.88 Å².